The number of aromatic amines is 1. The number of hydrogen-bond acceptors (Lipinski definition) is 4. The van der Waals surface area contributed by atoms with E-state index in [9.17, 15) is 0 Å². The number of hydrogen-bond donors (Lipinski definition) is 2. The van der Waals surface area contributed by atoms with Gasteiger partial charge in [-0.25, -0.2) is 4.98 Å². The molecule has 6 heteroatoms. The minimum Gasteiger partial charge on any atom is -0.379 e. The molecule has 1 aliphatic rings. The maximum absolute atomic E-state index is 5.92. The molecular formula is C11H12ClN3OS. The highest BCUT2D eigenvalue weighted by Gasteiger charge is 2.41. The highest BCUT2D eigenvalue weighted by molar-refractivity contribution is 7.19. The van der Waals surface area contributed by atoms with Crippen molar-refractivity contribution in [2.24, 2.45) is 5.73 Å². The third-order valence-corrected chi connectivity index (χ3v) is 4.33. The van der Waals surface area contributed by atoms with Crippen molar-refractivity contribution in [2.75, 3.05) is 19.8 Å². The van der Waals surface area contributed by atoms with Gasteiger partial charge in [-0.1, -0.05) is 11.6 Å². The highest BCUT2D eigenvalue weighted by Crippen LogP contribution is 2.33. The van der Waals surface area contributed by atoms with Gasteiger partial charge in [0.25, 0.3) is 0 Å². The van der Waals surface area contributed by atoms with E-state index in [1.807, 2.05) is 18.3 Å². The van der Waals surface area contributed by atoms with Crippen LogP contribution in [0, 0.1) is 0 Å². The van der Waals surface area contributed by atoms with Crippen LogP contribution in [0.4, 0.5) is 0 Å². The van der Waals surface area contributed by atoms with Gasteiger partial charge in [0.15, 0.2) is 0 Å². The monoisotopic (exact) mass is 269 g/mol. The van der Waals surface area contributed by atoms with E-state index in [1.165, 1.54) is 11.3 Å². The molecular weight excluding hydrogens is 258 g/mol. The van der Waals surface area contributed by atoms with E-state index in [2.05, 4.69) is 9.97 Å². The quantitative estimate of drug-likeness (QED) is 0.896. The predicted molar refractivity (Wildman–Crippen MR) is 68.5 cm³/mol. The summed E-state index contributed by atoms with van der Waals surface area (Å²) in [7, 11) is 0. The molecule has 1 saturated heterocycles. The van der Waals surface area contributed by atoms with Gasteiger partial charge in [-0.05, 0) is 12.1 Å². The van der Waals surface area contributed by atoms with Gasteiger partial charge >= 0.3 is 0 Å². The third kappa shape index (κ3) is 1.79. The van der Waals surface area contributed by atoms with Crippen molar-refractivity contribution in [1.82, 2.24) is 9.97 Å². The number of H-pyrrole nitrogens is 1. The molecule has 0 aromatic carbocycles. The summed E-state index contributed by atoms with van der Waals surface area (Å²) >= 11 is 7.45. The SMILES string of the molecule is NCC1(c2ncc(-c3ccc(Cl)s3)[nH]2)COC1. The summed E-state index contributed by atoms with van der Waals surface area (Å²) in [6, 6.07) is 3.86. The molecule has 3 N–H and O–H groups in total. The second-order valence-electron chi connectivity index (χ2n) is 4.23. The van der Waals surface area contributed by atoms with Gasteiger partial charge in [0.1, 0.15) is 5.82 Å². The van der Waals surface area contributed by atoms with Crippen LogP contribution < -0.4 is 5.73 Å². The Kier molecular flexibility index (Phi) is 2.71. The lowest BCUT2D eigenvalue weighted by atomic mass is 9.85. The Morgan fingerprint density at radius 1 is 1.53 bits per heavy atom. The Hall–Kier alpha value is -0.880. The first-order valence-electron chi connectivity index (χ1n) is 5.32. The van der Waals surface area contributed by atoms with Crippen LogP contribution in [0.15, 0.2) is 18.3 Å². The van der Waals surface area contributed by atoms with E-state index in [-0.39, 0.29) is 5.41 Å². The van der Waals surface area contributed by atoms with Crippen molar-refractivity contribution in [2.45, 2.75) is 5.41 Å². The average Bonchev–Trinajstić information content (AvgIpc) is 2.86. The number of nitrogens with two attached hydrogens (primary N) is 1. The zero-order chi connectivity index (χ0) is 11.9. The van der Waals surface area contributed by atoms with Crippen LogP contribution in [0.2, 0.25) is 4.34 Å². The summed E-state index contributed by atoms with van der Waals surface area (Å²) in [6.07, 6.45) is 1.83. The summed E-state index contributed by atoms with van der Waals surface area (Å²) in [4.78, 5) is 8.82. The number of nitrogens with zero attached hydrogens (tertiary/aromatic N) is 1. The number of ether oxygens (including phenoxy) is 1. The number of thiophene rings is 1. The normalized spacial score (nSPS) is 18.0. The molecule has 0 bridgehead atoms. The lowest BCUT2D eigenvalue weighted by molar-refractivity contribution is -0.0589. The molecule has 3 heterocycles. The summed E-state index contributed by atoms with van der Waals surface area (Å²) in [5.41, 5.74) is 6.65. The molecule has 0 radical (unpaired) electrons. The van der Waals surface area contributed by atoms with Crippen molar-refractivity contribution in [1.29, 1.82) is 0 Å². The molecule has 1 fully saturated rings. The third-order valence-electron chi connectivity index (χ3n) is 3.06. The molecule has 2 aromatic heterocycles. The molecule has 1 aliphatic heterocycles. The van der Waals surface area contributed by atoms with E-state index < -0.39 is 0 Å². The van der Waals surface area contributed by atoms with Gasteiger partial charge in [0.05, 0.1) is 39.7 Å². The van der Waals surface area contributed by atoms with Crippen LogP contribution in [-0.2, 0) is 10.2 Å². The molecule has 0 aliphatic carbocycles. The van der Waals surface area contributed by atoms with Gasteiger partial charge in [-0.2, -0.15) is 0 Å². The lowest BCUT2D eigenvalue weighted by Crippen LogP contribution is -2.52. The molecule has 0 atom stereocenters. The van der Waals surface area contributed by atoms with Crippen LogP contribution in [0.25, 0.3) is 10.6 Å². The fourth-order valence-corrected chi connectivity index (χ4v) is 2.88. The number of halogens is 1. The topological polar surface area (TPSA) is 63.9 Å². The van der Waals surface area contributed by atoms with Gasteiger partial charge in [-0.15, -0.1) is 11.3 Å². The molecule has 2 aromatic rings. The van der Waals surface area contributed by atoms with Gasteiger partial charge in [0.2, 0.25) is 0 Å². The summed E-state index contributed by atoms with van der Waals surface area (Å²) in [6.45, 7) is 1.83. The number of aromatic nitrogens is 2. The predicted octanol–water partition coefficient (Wildman–Crippen LogP) is 2.02. The van der Waals surface area contributed by atoms with E-state index >= 15 is 0 Å². The molecule has 90 valence electrons. The lowest BCUT2D eigenvalue weighted by Gasteiger charge is -2.38. The number of rotatable bonds is 3. The molecule has 0 spiro atoms. The van der Waals surface area contributed by atoms with Crippen LogP contribution >= 0.6 is 22.9 Å². The largest absolute Gasteiger partial charge is 0.379 e. The van der Waals surface area contributed by atoms with Gasteiger partial charge in [-0.3, -0.25) is 0 Å². The van der Waals surface area contributed by atoms with Crippen molar-refractivity contribution in [3.63, 3.8) is 0 Å². The first-order chi connectivity index (χ1) is 8.23. The van der Waals surface area contributed by atoms with Crippen molar-refractivity contribution in [3.05, 3.63) is 28.5 Å². The second-order valence-corrected chi connectivity index (χ2v) is 5.94. The summed E-state index contributed by atoms with van der Waals surface area (Å²) < 4.78 is 6.02. The molecule has 17 heavy (non-hydrogen) atoms. The maximum atomic E-state index is 5.92. The Morgan fingerprint density at radius 3 is 2.88 bits per heavy atom. The van der Waals surface area contributed by atoms with E-state index in [0.29, 0.717) is 19.8 Å². The minimum absolute atomic E-state index is 0.126. The Balaban J connectivity index is 1.92. The van der Waals surface area contributed by atoms with Crippen molar-refractivity contribution >= 4 is 22.9 Å². The fourth-order valence-electron chi connectivity index (χ4n) is 1.87. The molecule has 3 rings (SSSR count). The highest BCUT2D eigenvalue weighted by atomic mass is 35.5. The Morgan fingerprint density at radius 2 is 2.35 bits per heavy atom. The minimum atomic E-state index is -0.126. The standard InChI is InChI=1S/C11H12ClN3OS/c12-9-2-1-8(17-9)7-3-14-10(15-7)11(4-13)5-16-6-11/h1-3H,4-6,13H2,(H,14,15). The van der Waals surface area contributed by atoms with Crippen LogP contribution in [0.3, 0.4) is 0 Å². The Bertz CT molecular complexity index is 527. The average molecular weight is 270 g/mol. The smallest absolute Gasteiger partial charge is 0.118 e. The first-order valence-corrected chi connectivity index (χ1v) is 6.52. The van der Waals surface area contributed by atoms with Gasteiger partial charge in [0, 0.05) is 6.54 Å². The van der Waals surface area contributed by atoms with Crippen molar-refractivity contribution < 1.29 is 4.74 Å². The zero-order valence-electron chi connectivity index (χ0n) is 9.07. The first kappa shape index (κ1) is 11.2. The van der Waals surface area contributed by atoms with Crippen LogP contribution in [0.1, 0.15) is 5.82 Å². The van der Waals surface area contributed by atoms with E-state index in [4.69, 9.17) is 22.1 Å². The molecule has 0 amide bonds. The van der Waals surface area contributed by atoms with E-state index in [1.54, 1.807) is 0 Å². The van der Waals surface area contributed by atoms with Gasteiger partial charge < -0.3 is 15.5 Å². The number of imidazole rings is 1. The Labute approximate surface area is 108 Å². The van der Waals surface area contributed by atoms with Crippen LogP contribution in [0.5, 0.6) is 0 Å². The zero-order valence-corrected chi connectivity index (χ0v) is 10.6. The molecule has 0 saturated carbocycles. The number of nitrogens with one attached hydrogen (secondary N) is 1. The molecule has 4 nitrogen and oxygen atoms in total. The fraction of sp³-hybridized carbons (Fsp3) is 0.364. The summed E-state index contributed by atoms with van der Waals surface area (Å²) in [5.74, 6) is 0.908. The van der Waals surface area contributed by atoms with E-state index in [0.717, 1.165) is 20.7 Å². The molecule has 0 unspecified atom stereocenters. The second kappa shape index (κ2) is 4.10. The van der Waals surface area contributed by atoms with Crippen LogP contribution in [-0.4, -0.2) is 29.7 Å². The van der Waals surface area contributed by atoms with Crippen molar-refractivity contribution in [3.8, 4) is 10.6 Å². The summed E-state index contributed by atoms with van der Waals surface area (Å²) in [5, 5.41) is 0. The maximum Gasteiger partial charge on any atom is 0.118 e.